The quantitative estimate of drug-likeness (QED) is 0.731. The van der Waals surface area contributed by atoms with Gasteiger partial charge in [0.2, 0.25) is 12.7 Å². The Bertz CT molecular complexity index is 1070. The average molecular weight is 347 g/mol. The molecular formula is C20H13NO5. The molecule has 3 aliphatic heterocycles. The Morgan fingerprint density at radius 1 is 1.00 bits per heavy atom. The number of hydrogen-bond donors (Lipinski definition) is 1. The minimum atomic E-state index is -0.917. The van der Waals surface area contributed by atoms with Gasteiger partial charge in [-0.15, -0.1) is 0 Å². The van der Waals surface area contributed by atoms with Crippen LogP contribution in [0.3, 0.4) is 0 Å². The highest BCUT2D eigenvalue weighted by Crippen LogP contribution is 2.55. The lowest BCUT2D eigenvalue weighted by Gasteiger charge is -2.22. The molecular weight excluding hydrogens is 334 g/mol. The van der Waals surface area contributed by atoms with Crippen LogP contribution in [0.1, 0.15) is 11.1 Å². The molecule has 0 fully saturated rings. The van der Waals surface area contributed by atoms with Crippen molar-refractivity contribution in [2.45, 2.75) is 5.41 Å². The molecule has 0 radical (unpaired) electrons. The van der Waals surface area contributed by atoms with Gasteiger partial charge in [-0.25, -0.2) is 0 Å². The first-order valence-electron chi connectivity index (χ1n) is 8.32. The van der Waals surface area contributed by atoms with E-state index in [4.69, 9.17) is 18.6 Å². The van der Waals surface area contributed by atoms with E-state index in [1.54, 1.807) is 18.6 Å². The molecule has 128 valence electrons. The highest BCUT2D eigenvalue weighted by atomic mass is 16.7. The Labute approximate surface area is 148 Å². The lowest BCUT2D eigenvalue weighted by atomic mass is 9.74. The van der Waals surface area contributed by atoms with Gasteiger partial charge in [0.15, 0.2) is 11.5 Å². The summed E-state index contributed by atoms with van der Waals surface area (Å²) in [5.74, 6) is 1.83. The molecule has 2 aromatic carbocycles. The van der Waals surface area contributed by atoms with Gasteiger partial charge in [0.1, 0.15) is 17.8 Å². The molecule has 0 bridgehead atoms. The van der Waals surface area contributed by atoms with E-state index >= 15 is 0 Å². The molecule has 1 atom stereocenters. The number of ether oxygens (including phenoxy) is 3. The third-order valence-corrected chi connectivity index (χ3v) is 5.34. The second-order valence-electron chi connectivity index (χ2n) is 6.59. The van der Waals surface area contributed by atoms with Gasteiger partial charge >= 0.3 is 0 Å². The number of nitrogens with one attached hydrogen (secondary N) is 1. The normalized spacial score (nSPS) is 21.5. The minimum Gasteiger partial charge on any atom is -0.491 e. The molecule has 1 aromatic heterocycles. The standard InChI is InChI=1S/C20H13NO5/c22-19-20(9-24-15-7-17-16(6-13(15)20)25-10-26-17)18-12(11-4-5-23-8-11)2-1-3-14(18)21-19/h1-8H,9-10H2,(H,21,22)/t20-/m1/s1. The van der Waals surface area contributed by atoms with Crippen molar-refractivity contribution in [3.63, 3.8) is 0 Å². The van der Waals surface area contributed by atoms with E-state index in [1.807, 2.05) is 30.3 Å². The smallest absolute Gasteiger partial charge is 0.243 e. The van der Waals surface area contributed by atoms with Gasteiger partial charge in [0, 0.05) is 28.4 Å². The Hall–Kier alpha value is -3.41. The maximum Gasteiger partial charge on any atom is 0.243 e. The number of hydrogen-bond acceptors (Lipinski definition) is 5. The Kier molecular flexibility index (Phi) is 2.45. The molecule has 0 unspecified atom stereocenters. The molecule has 6 heteroatoms. The fourth-order valence-corrected chi connectivity index (χ4v) is 4.15. The van der Waals surface area contributed by atoms with Crippen molar-refractivity contribution in [2.75, 3.05) is 18.7 Å². The number of amides is 1. The van der Waals surface area contributed by atoms with Gasteiger partial charge in [-0.05, 0) is 23.8 Å². The number of benzene rings is 2. The third kappa shape index (κ3) is 1.54. The van der Waals surface area contributed by atoms with Gasteiger partial charge in [-0.3, -0.25) is 4.79 Å². The summed E-state index contributed by atoms with van der Waals surface area (Å²) in [5.41, 5.74) is 3.45. The average Bonchev–Trinajstić information content (AvgIpc) is 3.42. The first-order valence-corrected chi connectivity index (χ1v) is 8.32. The zero-order valence-corrected chi connectivity index (χ0v) is 13.6. The van der Waals surface area contributed by atoms with Crippen molar-refractivity contribution in [3.05, 3.63) is 60.1 Å². The molecule has 1 N–H and O–H groups in total. The Morgan fingerprint density at radius 3 is 2.73 bits per heavy atom. The van der Waals surface area contributed by atoms with Crippen molar-refractivity contribution in [2.24, 2.45) is 0 Å². The highest BCUT2D eigenvalue weighted by Gasteiger charge is 2.55. The van der Waals surface area contributed by atoms with E-state index in [-0.39, 0.29) is 19.3 Å². The van der Waals surface area contributed by atoms with E-state index in [0.717, 1.165) is 27.9 Å². The van der Waals surface area contributed by atoms with E-state index in [9.17, 15) is 4.79 Å². The minimum absolute atomic E-state index is 0.0962. The van der Waals surface area contributed by atoms with Crippen molar-refractivity contribution in [1.29, 1.82) is 0 Å². The molecule has 26 heavy (non-hydrogen) atoms. The molecule has 6 nitrogen and oxygen atoms in total. The fraction of sp³-hybridized carbons (Fsp3) is 0.150. The number of fused-ring (bicyclic) bond motifs is 5. The predicted octanol–water partition coefficient (Wildman–Crippen LogP) is 3.31. The molecule has 1 spiro atoms. The lowest BCUT2D eigenvalue weighted by Crippen LogP contribution is -2.37. The first kappa shape index (κ1) is 13.8. The summed E-state index contributed by atoms with van der Waals surface area (Å²) in [7, 11) is 0. The molecule has 6 rings (SSSR count). The second kappa shape index (κ2) is 4.60. The van der Waals surface area contributed by atoms with Crippen LogP contribution in [0.4, 0.5) is 5.69 Å². The van der Waals surface area contributed by atoms with E-state index in [0.29, 0.717) is 17.2 Å². The largest absolute Gasteiger partial charge is 0.491 e. The number of carbonyl (C=O) groups excluding carboxylic acids is 1. The number of anilines is 1. The van der Waals surface area contributed by atoms with Crippen molar-refractivity contribution < 1.29 is 23.4 Å². The van der Waals surface area contributed by atoms with Crippen LogP contribution < -0.4 is 19.5 Å². The molecule has 3 aliphatic rings. The maximum atomic E-state index is 13.2. The van der Waals surface area contributed by atoms with Crippen LogP contribution in [0.15, 0.2) is 53.3 Å². The summed E-state index contributed by atoms with van der Waals surface area (Å²) >= 11 is 0. The SMILES string of the molecule is O=C1Nc2cccc(-c3ccoc3)c2[C@]12COc1cc3c(cc12)OCO3. The van der Waals surface area contributed by atoms with Gasteiger partial charge in [0.25, 0.3) is 0 Å². The van der Waals surface area contributed by atoms with Crippen LogP contribution in [0, 0.1) is 0 Å². The lowest BCUT2D eigenvalue weighted by molar-refractivity contribution is -0.119. The van der Waals surface area contributed by atoms with Crippen LogP contribution in [-0.4, -0.2) is 19.3 Å². The van der Waals surface area contributed by atoms with E-state index in [2.05, 4.69) is 5.32 Å². The van der Waals surface area contributed by atoms with Gasteiger partial charge in [-0.2, -0.15) is 0 Å². The molecule has 4 heterocycles. The van der Waals surface area contributed by atoms with Crippen molar-refractivity contribution in [1.82, 2.24) is 0 Å². The monoisotopic (exact) mass is 347 g/mol. The van der Waals surface area contributed by atoms with Gasteiger partial charge in [-0.1, -0.05) is 12.1 Å². The van der Waals surface area contributed by atoms with Crippen molar-refractivity contribution >= 4 is 11.6 Å². The van der Waals surface area contributed by atoms with Crippen LogP contribution in [0.25, 0.3) is 11.1 Å². The van der Waals surface area contributed by atoms with Crippen LogP contribution in [-0.2, 0) is 10.2 Å². The van der Waals surface area contributed by atoms with E-state index in [1.165, 1.54) is 0 Å². The summed E-state index contributed by atoms with van der Waals surface area (Å²) in [6.45, 7) is 0.410. The van der Waals surface area contributed by atoms with Gasteiger partial charge < -0.3 is 23.9 Å². The third-order valence-electron chi connectivity index (χ3n) is 5.34. The summed E-state index contributed by atoms with van der Waals surface area (Å²) in [5, 5.41) is 3.02. The molecule has 0 aliphatic carbocycles. The first-order chi connectivity index (χ1) is 12.8. The number of carbonyl (C=O) groups is 1. The highest BCUT2D eigenvalue weighted by molar-refractivity contribution is 6.12. The predicted molar refractivity (Wildman–Crippen MR) is 91.6 cm³/mol. The van der Waals surface area contributed by atoms with Crippen molar-refractivity contribution in [3.8, 4) is 28.4 Å². The summed E-state index contributed by atoms with van der Waals surface area (Å²) in [4.78, 5) is 13.2. The Balaban J connectivity index is 1.65. The molecule has 0 saturated heterocycles. The van der Waals surface area contributed by atoms with Crippen LogP contribution >= 0.6 is 0 Å². The zero-order chi connectivity index (χ0) is 17.3. The summed E-state index contributed by atoms with van der Waals surface area (Å²) in [6.07, 6.45) is 3.31. The molecule has 3 aromatic rings. The number of furan rings is 1. The molecule has 0 saturated carbocycles. The number of rotatable bonds is 1. The second-order valence-corrected chi connectivity index (χ2v) is 6.59. The van der Waals surface area contributed by atoms with Crippen LogP contribution in [0.5, 0.6) is 17.2 Å². The Morgan fingerprint density at radius 2 is 1.88 bits per heavy atom. The summed E-state index contributed by atoms with van der Waals surface area (Å²) < 4.78 is 22.2. The fourth-order valence-electron chi connectivity index (χ4n) is 4.15. The van der Waals surface area contributed by atoms with Gasteiger partial charge in [0.05, 0.1) is 12.5 Å². The maximum absolute atomic E-state index is 13.2. The molecule has 1 amide bonds. The zero-order valence-electron chi connectivity index (χ0n) is 13.6. The van der Waals surface area contributed by atoms with E-state index < -0.39 is 5.41 Å². The summed E-state index contributed by atoms with van der Waals surface area (Å²) in [6, 6.07) is 11.4. The van der Waals surface area contributed by atoms with Crippen LogP contribution in [0.2, 0.25) is 0 Å². The topological polar surface area (TPSA) is 69.9 Å².